The fourth-order valence-electron chi connectivity index (χ4n) is 1.51. The molecule has 1 N–H and O–H groups in total. The van der Waals surface area contributed by atoms with Gasteiger partial charge in [0.1, 0.15) is 17.5 Å². The summed E-state index contributed by atoms with van der Waals surface area (Å²) in [6.45, 7) is 4.77. The van der Waals surface area contributed by atoms with E-state index in [2.05, 4.69) is 5.32 Å². The summed E-state index contributed by atoms with van der Waals surface area (Å²) < 4.78 is 51.3. The Hall–Kier alpha value is -2.36. The number of hydrogen-bond donors (Lipinski definition) is 1. The molecule has 0 aromatic heterocycles. The maximum atomic E-state index is 13.5. The van der Waals surface area contributed by atoms with Gasteiger partial charge in [0.25, 0.3) is 0 Å². The number of halogens is 4. The number of nitrogens with one attached hydrogen (secondary N) is 1. The van der Waals surface area contributed by atoms with Crippen LogP contribution in [-0.4, -0.2) is 5.78 Å². The van der Waals surface area contributed by atoms with Gasteiger partial charge in [-0.15, -0.1) is 0 Å². The van der Waals surface area contributed by atoms with Gasteiger partial charge in [0, 0.05) is 11.6 Å². The Morgan fingerprint density at radius 3 is 2.32 bits per heavy atom. The first kappa shape index (κ1) is 17.7. The highest BCUT2D eigenvalue weighted by atomic mass is 19.4. The molecule has 0 aliphatic carbocycles. The van der Waals surface area contributed by atoms with Crippen molar-refractivity contribution in [2.45, 2.75) is 26.9 Å². The highest BCUT2D eigenvalue weighted by Crippen LogP contribution is 2.32. The summed E-state index contributed by atoms with van der Waals surface area (Å²) in [6.07, 6.45) is -3.71. The number of carbonyl (C=O) groups is 1. The van der Waals surface area contributed by atoms with E-state index in [4.69, 9.17) is 5.26 Å². The van der Waals surface area contributed by atoms with Crippen molar-refractivity contribution in [3.8, 4) is 6.07 Å². The number of ketones is 1. The molecule has 7 heteroatoms. The minimum Gasteiger partial charge on any atom is -0.358 e. The highest BCUT2D eigenvalue weighted by Gasteiger charge is 2.31. The lowest BCUT2D eigenvalue weighted by molar-refractivity contribution is -0.137. The van der Waals surface area contributed by atoms with Gasteiger partial charge >= 0.3 is 6.18 Å². The van der Waals surface area contributed by atoms with Gasteiger partial charge in [0.15, 0.2) is 5.78 Å². The predicted octanol–water partition coefficient (Wildman–Crippen LogP) is 4.28. The lowest BCUT2D eigenvalue weighted by atomic mass is 9.87. The molecule has 0 heterocycles. The molecule has 1 aromatic carbocycles. The lowest BCUT2D eigenvalue weighted by Gasteiger charge is -2.15. The minimum absolute atomic E-state index is 0.302. The number of anilines is 1. The highest BCUT2D eigenvalue weighted by molar-refractivity contribution is 6.02. The van der Waals surface area contributed by atoms with Crippen LogP contribution in [0.15, 0.2) is 30.0 Å². The van der Waals surface area contributed by atoms with E-state index in [0.717, 1.165) is 6.20 Å². The van der Waals surface area contributed by atoms with Crippen LogP contribution in [0.1, 0.15) is 26.3 Å². The summed E-state index contributed by atoms with van der Waals surface area (Å²) in [5.41, 5.74) is -2.64. The largest absolute Gasteiger partial charge is 0.416 e. The zero-order chi connectivity index (χ0) is 17.1. The Balaban J connectivity index is 3.12. The van der Waals surface area contributed by atoms with E-state index in [1.807, 2.05) is 0 Å². The second-order valence-electron chi connectivity index (χ2n) is 5.59. The van der Waals surface area contributed by atoms with E-state index < -0.39 is 34.4 Å². The number of hydrogen-bond acceptors (Lipinski definition) is 3. The van der Waals surface area contributed by atoms with Gasteiger partial charge in [-0.3, -0.25) is 4.79 Å². The summed E-state index contributed by atoms with van der Waals surface area (Å²) in [4.78, 5) is 11.9. The van der Waals surface area contributed by atoms with Crippen LogP contribution in [0.25, 0.3) is 0 Å². The Bertz CT molecular complexity index is 649. The molecule has 0 unspecified atom stereocenters. The fourth-order valence-corrected chi connectivity index (χ4v) is 1.51. The molecule has 3 nitrogen and oxygen atoms in total. The molecule has 0 atom stereocenters. The van der Waals surface area contributed by atoms with Crippen molar-refractivity contribution in [2.24, 2.45) is 5.41 Å². The molecule has 0 amide bonds. The lowest BCUT2D eigenvalue weighted by Crippen LogP contribution is -2.22. The SMILES string of the molecule is CC(C)(C)C(=O)/C(C#N)=C/Nc1cc(C(F)(F)F)ccc1F. The van der Waals surface area contributed by atoms with Crippen LogP contribution in [0.2, 0.25) is 0 Å². The van der Waals surface area contributed by atoms with Crippen LogP contribution in [0.5, 0.6) is 0 Å². The molecule has 0 fully saturated rings. The van der Waals surface area contributed by atoms with Crippen LogP contribution >= 0.6 is 0 Å². The van der Waals surface area contributed by atoms with Crippen molar-refractivity contribution in [1.29, 1.82) is 5.26 Å². The van der Waals surface area contributed by atoms with E-state index >= 15 is 0 Å². The van der Waals surface area contributed by atoms with Gasteiger partial charge < -0.3 is 5.32 Å². The summed E-state index contributed by atoms with van der Waals surface area (Å²) in [7, 11) is 0. The third kappa shape index (κ3) is 4.32. The van der Waals surface area contributed by atoms with Crippen molar-refractivity contribution in [3.63, 3.8) is 0 Å². The molecule has 0 aliphatic heterocycles. The zero-order valence-electron chi connectivity index (χ0n) is 12.2. The monoisotopic (exact) mass is 314 g/mol. The van der Waals surface area contributed by atoms with Crippen molar-refractivity contribution >= 4 is 11.5 Å². The van der Waals surface area contributed by atoms with E-state index in [1.54, 1.807) is 26.8 Å². The first-order chi connectivity index (χ1) is 9.96. The third-order valence-corrected chi connectivity index (χ3v) is 2.71. The van der Waals surface area contributed by atoms with Crippen LogP contribution in [0.4, 0.5) is 23.2 Å². The maximum absolute atomic E-state index is 13.5. The molecule has 0 bridgehead atoms. The number of rotatable bonds is 3. The zero-order valence-corrected chi connectivity index (χ0v) is 12.2. The number of nitrogens with zero attached hydrogens (tertiary/aromatic N) is 1. The first-order valence-corrected chi connectivity index (χ1v) is 6.25. The molecule has 0 radical (unpaired) electrons. The van der Waals surface area contributed by atoms with Gasteiger partial charge in [-0.25, -0.2) is 4.39 Å². The normalized spacial score (nSPS) is 12.7. The fraction of sp³-hybridized carbons (Fsp3) is 0.333. The third-order valence-electron chi connectivity index (χ3n) is 2.71. The average Bonchev–Trinajstić information content (AvgIpc) is 2.38. The molecule has 22 heavy (non-hydrogen) atoms. The number of alkyl halides is 3. The Labute approximate surface area is 125 Å². The number of Topliss-reactive ketones (excluding diaryl/α,β-unsaturated/α-hetero) is 1. The van der Waals surface area contributed by atoms with E-state index in [9.17, 15) is 22.4 Å². The van der Waals surface area contributed by atoms with Gasteiger partial charge in [-0.1, -0.05) is 20.8 Å². The van der Waals surface area contributed by atoms with Crippen molar-refractivity contribution in [1.82, 2.24) is 0 Å². The van der Waals surface area contributed by atoms with Gasteiger partial charge in [0.05, 0.1) is 11.3 Å². The Kier molecular flexibility index (Phi) is 4.97. The quantitative estimate of drug-likeness (QED) is 0.515. The molecule has 0 saturated carbocycles. The second kappa shape index (κ2) is 6.18. The minimum atomic E-state index is -4.62. The molecule has 1 aromatic rings. The smallest absolute Gasteiger partial charge is 0.358 e. The maximum Gasteiger partial charge on any atom is 0.416 e. The van der Waals surface area contributed by atoms with Crippen LogP contribution in [-0.2, 0) is 11.0 Å². The molecule has 0 saturated heterocycles. The van der Waals surface area contributed by atoms with Crippen LogP contribution in [0.3, 0.4) is 0 Å². The number of allylic oxidation sites excluding steroid dienone is 1. The molecular formula is C15H14F4N2O. The number of nitriles is 1. The summed E-state index contributed by atoms with van der Waals surface area (Å²) >= 11 is 0. The van der Waals surface area contributed by atoms with Gasteiger partial charge in [-0.05, 0) is 18.2 Å². The van der Waals surface area contributed by atoms with Crippen molar-refractivity contribution < 1.29 is 22.4 Å². The molecule has 0 spiro atoms. The Morgan fingerprint density at radius 2 is 1.86 bits per heavy atom. The molecule has 1 rings (SSSR count). The van der Waals surface area contributed by atoms with E-state index in [0.29, 0.717) is 18.2 Å². The van der Waals surface area contributed by atoms with Crippen LogP contribution in [0, 0.1) is 22.6 Å². The summed E-state index contributed by atoms with van der Waals surface area (Å²) in [6, 6.07) is 3.49. The number of carbonyl (C=O) groups excluding carboxylic acids is 1. The standard InChI is InChI=1S/C15H14F4N2O/c1-14(2,3)13(22)9(7-20)8-21-12-6-10(15(17,18)19)4-5-11(12)16/h4-6,8,21H,1-3H3/b9-8+. The van der Waals surface area contributed by atoms with Gasteiger partial charge in [0.2, 0.25) is 0 Å². The second-order valence-corrected chi connectivity index (χ2v) is 5.59. The summed E-state index contributed by atoms with van der Waals surface area (Å²) in [5.74, 6) is -1.43. The van der Waals surface area contributed by atoms with Crippen LogP contribution < -0.4 is 5.32 Å². The predicted molar refractivity (Wildman–Crippen MR) is 73.2 cm³/mol. The number of benzene rings is 1. The Morgan fingerprint density at radius 1 is 1.27 bits per heavy atom. The van der Waals surface area contributed by atoms with Gasteiger partial charge in [-0.2, -0.15) is 18.4 Å². The van der Waals surface area contributed by atoms with E-state index in [-0.39, 0.29) is 5.57 Å². The average molecular weight is 314 g/mol. The topological polar surface area (TPSA) is 52.9 Å². The molecular weight excluding hydrogens is 300 g/mol. The van der Waals surface area contributed by atoms with Crippen molar-refractivity contribution in [3.05, 3.63) is 41.4 Å². The molecule has 0 aliphatic rings. The van der Waals surface area contributed by atoms with E-state index in [1.165, 1.54) is 0 Å². The van der Waals surface area contributed by atoms with Crippen molar-refractivity contribution in [2.75, 3.05) is 5.32 Å². The molecule has 118 valence electrons. The summed E-state index contributed by atoms with van der Waals surface area (Å²) in [5, 5.41) is 11.2. The first-order valence-electron chi connectivity index (χ1n) is 6.25.